The maximum atomic E-state index is 12.9. The summed E-state index contributed by atoms with van der Waals surface area (Å²) in [5.74, 6) is 0.838. The Morgan fingerprint density at radius 2 is 1.82 bits per heavy atom. The van der Waals surface area contributed by atoms with Gasteiger partial charge in [-0.1, -0.05) is 18.7 Å². The SMILES string of the molecule is CCC(C)NC(=O)c1ccc2c(=O)n(C)c3nnc(SCC(=O)c4ccc(OC)cc4)n3c2c1. The summed E-state index contributed by atoms with van der Waals surface area (Å²) in [6, 6.07) is 11.9. The molecule has 2 aromatic heterocycles. The molecule has 2 heterocycles. The fraction of sp³-hybridized carbons (Fsp3) is 0.292. The van der Waals surface area contributed by atoms with Crippen LogP contribution in [0.5, 0.6) is 5.75 Å². The zero-order valence-electron chi connectivity index (χ0n) is 19.4. The predicted octanol–water partition coefficient (Wildman–Crippen LogP) is 3.09. The first-order chi connectivity index (χ1) is 16.3. The van der Waals surface area contributed by atoms with E-state index in [4.69, 9.17) is 4.74 Å². The Bertz CT molecular complexity index is 1440. The second kappa shape index (κ2) is 9.68. The Morgan fingerprint density at radius 1 is 1.12 bits per heavy atom. The molecule has 2 aromatic carbocycles. The second-order valence-corrected chi connectivity index (χ2v) is 8.88. The van der Waals surface area contributed by atoms with Crippen molar-refractivity contribution in [3.8, 4) is 5.75 Å². The topological polar surface area (TPSA) is 108 Å². The molecule has 0 fully saturated rings. The minimum absolute atomic E-state index is 0.0249. The molecule has 1 amide bonds. The number of nitrogens with one attached hydrogen (secondary N) is 1. The number of hydrogen-bond acceptors (Lipinski definition) is 7. The van der Waals surface area contributed by atoms with Gasteiger partial charge >= 0.3 is 0 Å². The molecule has 0 aliphatic rings. The molecule has 0 aliphatic carbocycles. The fourth-order valence-electron chi connectivity index (χ4n) is 3.49. The van der Waals surface area contributed by atoms with E-state index < -0.39 is 0 Å². The lowest BCUT2D eigenvalue weighted by molar-refractivity contribution is 0.0938. The number of carbonyl (C=O) groups excluding carboxylic acids is 2. The number of aryl methyl sites for hydroxylation is 1. The Labute approximate surface area is 200 Å². The molecule has 1 N–H and O–H groups in total. The highest BCUT2D eigenvalue weighted by Crippen LogP contribution is 2.23. The van der Waals surface area contributed by atoms with Crippen LogP contribution in [0.1, 0.15) is 41.0 Å². The van der Waals surface area contributed by atoms with E-state index in [0.29, 0.717) is 38.7 Å². The van der Waals surface area contributed by atoms with Gasteiger partial charge in [0.15, 0.2) is 10.9 Å². The number of nitrogens with zero attached hydrogens (tertiary/aromatic N) is 4. The van der Waals surface area contributed by atoms with E-state index in [1.165, 1.54) is 16.3 Å². The average Bonchev–Trinajstić information content (AvgIpc) is 3.29. The Kier molecular flexibility index (Phi) is 6.69. The molecule has 10 heteroatoms. The highest BCUT2D eigenvalue weighted by atomic mass is 32.2. The molecule has 0 spiro atoms. The first-order valence-corrected chi connectivity index (χ1v) is 11.8. The summed E-state index contributed by atoms with van der Waals surface area (Å²) in [6.07, 6.45) is 0.804. The first-order valence-electron chi connectivity index (χ1n) is 10.8. The summed E-state index contributed by atoms with van der Waals surface area (Å²) in [7, 11) is 3.19. The second-order valence-electron chi connectivity index (χ2n) is 7.94. The van der Waals surface area contributed by atoms with Crippen molar-refractivity contribution in [2.24, 2.45) is 7.05 Å². The standard InChI is InChI=1S/C24H25N5O4S/c1-5-14(2)25-21(31)16-8-11-18-19(12-16)29-23(28(3)22(18)32)26-27-24(29)34-13-20(30)15-6-9-17(33-4)10-7-15/h6-12,14H,5,13H2,1-4H3,(H,25,31). The minimum atomic E-state index is -0.241. The smallest absolute Gasteiger partial charge is 0.262 e. The van der Waals surface area contributed by atoms with Gasteiger partial charge in [0, 0.05) is 24.2 Å². The lowest BCUT2D eigenvalue weighted by Crippen LogP contribution is -2.32. The van der Waals surface area contributed by atoms with Crippen molar-refractivity contribution in [1.82, 2.24) is 24.5 Å². The Morgan fingerprint density at radius 3 is 2.50 bits per heavy atom. The van der Waals surface area contributed by atoms with Gasteiger partial charge in [0.05, 0.1) is 23.8 Å². The van der Waals surface area contributed by atoms with Gasteiger partial charge in [-0.2, -0.15) is 0 Å². The number of rotatable bonds is 8. The van der Waals surface area contributed by atoms with Crippen LogP contribution < -0.4 is 15.6 Å². The number of thioether (sulfide) groups is 1. The number of carbonyl (C=O) groups is 2. The van der Waals surface area contributed by atoms with Crippen LogP contribution in [0.3, 0.4) is 0 Å². The zero-order valence-corrected chi connectivity index (χ0v) is 20.2. The van der Waals surface area contributed by atoms with E-state index in [2.05, 4.69) is 15.5 Å². The summed E-state index contributed by atoms with van der Waals surface area (Å²) < 4.78 is 8.25. The van der Waals surface area contributed by atoms with Crippen LogP contribution in [-0.4, -0.2) is 49.8 Å². The largest absolute Gasteiger partial charge is 0.497 e. The third-order valence-electron chi connectivity index (χ3n) is 5.69. The molecule has 4 rings (SSSR count). The summed E-state index contributed by atoms with van der Waals surface area (Å²) in [6.45, 7) is 3.92. The lowest BCUT2D eigenvalue weighted by Gasteiger charge is -2.13. The van der Waals surface area contributed by atoms with Crippen molar-refractivity contribution >= 4 is 40.1 Å². The van der Waals surface area contributed by atoms with Crippen molar-refractivity contribution in [2.75, 3.05) is 12.9 Å². The summed E-state index contributed by atoms with van der Waals surface area (Å²) in [5.41, 5.74) is 1.26. The molecule has 4 aromatic rings. The van der Waals surface area contributed by atoms with Crippen molar-refractivity contribution in [2.45, 2.75) is 31.5 Å². The molecule has 0 radical (unpaired) electrons. The molecule has 34 heavy (non-hydrogen) atoms. The van der Waals surface area contributed by atoms with E-state index >= 15 is 0 Å². The maximum Gasteiger partial charge on any atom is 0.262 e. The predicted molar refractivity (Wildman–Crippen MR) is 131 cm³/mol. The molecular weight excluding hydrogens is 454 g/mol. The quantitative estimate of drug-likeness (QED) is 0.306. The fourth-order valence-corrected chi connectivity index (χ4v) is 4.33. The van der Waals surface area contributed by atoms with Crippen LogP contribution in [0.2, 0.25) is 0 Å². The average molecular weight is 480 g/mol. The van der Waals surface area contributed by atoms with Crippen LogP contribution in [-0.2, 0) is 7.05 Å². The van der Waals surface area contributed by atoms with Crippen LogP contribution in [0.25, 0.3) is 16.7 Å². The molecule has 0 saturated heterocycles. The number of ketones is 1. The van der Waals surface area contributed by atoms with Gasteiger partial charge in [-0.15, -0.1) is 10.2 Å². The molecule has 0 aliphatic heterocycles. The molecule has 0 saturated carbocycles. The molecule has 9 nitrogen and oxygen atoms in total. The minimum Gasteiger partial charge on any atom is -0.497 e. The number of ether oxygens (including phenoxy) is 1. The van der Waals surface area contributed by atoms with Gasteiger partial charge in [-0.3, -0.25) is 23.4 Å². The lowest BCUT2D eigenvalue weighted by atomic mass is 10.1. The Hall–Kier alpha value is -3.66. The van der Waals surface area contributed by atoms with E-state index in [1.807, 2.05) is 13.8 Å². The highest BCUT2D eigenvalue weighted by molar-refractivity contribution is 7.99. The van der Waals surface area contributed by atoms with Gasteiger partial charge in [0.25, 0.3) is 11.5 Å². The van der Waals surface area contributed by atoms with E-state index in [9.17, 15) is 14.4 Å². The van der Waals surface area contributed by atoms with Crippen molar-refractivity contribution in [3.63, 3.8) is 0 Å². The summed E-state index contributed by atoms with van der Waals surface area (Å²) in [4.78, 5) is 38.3. The normalized spacial score (nSPS) is 12.1. The van der Waals surface area contributed by atoms with Gasteiger partial charge in [0.2, 0.25) is 5.78 Å². The summed E-state index contributed by atoms with van der Waals surface area (Å²) >= 11 is 1.22. The third-order valence-corrected chi connectivity index (χ3v) is 6.62. The van der Waals surface area contributed by atoms with E-state index in [0.717, 1.165) is 6.42 Å². The number of Topliss-reactive ketones (excluding diaryl/α,β-unsaturated/α-hetero) is 1. The maximum absolute atomic E-state index is 12.9. The highest BCUT2D eigenvalue weighted by Gasteiger charge is 2.18. The number of amides is 1. The van der Waals surface area contributed by atoms with Crippen molar-refractivity contribution in [1.29, 1.82) is 0 Å². The van der Waals surface area contributed by atoms with Crippen LogP contribution in [0, 0.1) is 0 Å². The van der Waals surface area contributed by atoms with Crippen LogP contribution >= 0.6 is 11.8 Å². The number of fused-ring (bicyclic) bond motifs is 3. The van der Waals surface area contributed by atoms with E-state index in [-0.39, 0.29) is 29.0 Å². The van der Waals surface area contributed by atoms with Crippen molar-refractivity contribution < 1.29 is 14.3 Å². The number of methoxy groups -OCH3 is 1. The van der Waals surface area contributed by atoms with Crippen LogP contribution in [0.4, 0.5) is 0 Å². The summed E-state index contributed by atoms with van der Waals surface area (Å²) in [5, 5.41) is 12.2. The number of aromatic nitrogens is 4. The first kappa shape index (κ1) is 23.5. The van der Waals surface area contributed by atoms with Gasteiger partial charge in [0.1, 0.15) is 5.75 Å². The van der Waals surface area contributed by atoms with Crippen molar-refractivity contribution in [3.05, 3.63) is 63.9 Å². The monoisotopic (exact) mass is 479 g/mol. The van der Waals surface area contributed by atoms with Gasteiger partial charge in [-0.25, -0.2) is 0 Å². The van der Waals surface area contributed by atoms with E-state index in [1.54, 1.807) is 61.0 Å². The molecule has 176 valence electrons. The number of benzene rings is 2. The molecule has 1 atom stereocenters. The Balaban J connectivity index is 1.71. The molecule has 1 unspecified atom stereocenters. The molecular formula is C24H25N5O4S. The third kappa shape index (κ3) is 4.41. The van der Waals surface area contributed by atoms with Gasteiger partial charge in [-0.05, 0) is 55.8 Å². The van der Waals surface area contributed by atoms with Crippen LogP contribution in [0.15, 0.2) is 52.4 Å². The number of hydrogen-bond donors (Lipinski definition) is 1. The molecule has 0 bridgehead atoms. The zero-order chi connectivity index (χ0) is 24.4. The van der Waals surface area contributed by atoms with Gasteiger partial charge < -0.3 is 10.1 Å².